The number of esters is 1. The van der Waals surface area contributed by atoms with Crippen LogP contribution in [0.2, 0.25) is 0 Å². The van der Waals surface area contributed by atoms with Gasteiger partial charge in [0.25, 0.3) is 0 Å². The maximum absolute atomic E-state index is 12.3. The minimum atomic E-state index is -0.669. The van der Waals surface area contributed by atoms with E-state index in [0.29, 0.717) is 32.9 Å². The van der Waals surface area contributed by atoms with Crippen LogP contribution in [0.4, 0.5) is 5.69 Å². The highest BCUT2D eigenvalue weighted by Crippen LogP contribution is 2.42. The van der Waals surface area contributed by atoms with E-state index < -0.39 is 5.97 Å². The Bertz CT molecular complexity index is 1070. The number of fused-ring (bicyclic) bond motifs is 1. The average Bonchev–Trinajstić information content (AvgIpc) is 3.32. The van der Waals surface area contributed by atoms with Crippen LogP contribution in [-0.4, -0.2) is 37.1 Å². The first-order valence-corrected chi connectivity index (χ1v) is 9.45. The third kappa shape index (κ3) is 3.66. The second-order valence-corrected chi connectivity index (χ2v) is 7.06. The highest BCUT2D eigenvalue weighted by atomic mass is 32.2. The summed E-state index contributed by atoms with van der Waals surface area (Å²) in [6, 6.07) is 12.6. The van der Waals surface area contributed by atoms with Gasteiger partial charge in [-0.15, -0.1) is 0 Å². The van der Waals surface area contributed by atoms with Gasteiger partial charge >= 0.3 is 5.97 Å². The Hall–Kier alpha value is -3.39. The van der Waals surface area contributed by atoms with E-state index in [-0.39, 0.29) is 18.1 Å². The molecule has 0 aliphatic carbocycles. The van der Waals surface area contributed by atoms with E-state index in [1.165, 1.54) is 18.9 Å². The summed E-state index contributed by atoms with van der Waals surface area (Å²) in [7, 11) is 2.80. The summed E-state index contributed by atoms with van der Waals surface area (Å²) in [5, 5.41) is 11.0. The number of para-hydroxylation sites is 2. The van der Waals surface area contributed by atoms with Gasteiger partial charge in [-0.05, 0) is 35.9 Å². The first kappa shape index (κ1) is 18.9. The van der Waals surface area contributed by atoms with E-state index in [0.717, 1.165) is 5.56 Å². The Morgan fingerprint density at radius 2 is 1.97 bits per heavy atom. The van der Waals surface area contributed by atoms with Crippen molar-refractivity contribution in [2.75, 3.05) is 21.0 Å². The lowest BCUT2D eigenvalue weighted by molar-refractivity contribution is -0.135. The molecule has 29 heavy (non-hydrogen) atoms. The minimum absolute atomic E-state index is 0.00963. The standard InChI is InChI=1S/C21H17NO6S/c1-25-14-6-4-3-5-13(14)22-20-18(21(24)26-2)19(23)17(29-20)10-12-7-8-15-16(9-12)28-11-27-15/h3-10,23H,11H2,1-2H3/b17-10+,22-20?. The number of methoxy groups -OCH3 is 2. The monoisotopic (exact) mass is 411 g/mol. The molecule has 4 rings (SSSR count). The van der Waals surface area contributed by atoms with Gasteiger partial charge in [-0.3, -0.25) is 0 Å². The Balaban J connectivity index is 1.75. The molecule has 0 amide bonds. The molecule has 1 N–H and O–H groups in total. The number of thioether (sulfide) groups is 1. The highest BCUT2D eigenvalue weighted by Gasteiger charge is 2.33. The van der Waals surface area contributed by atoms with E-state index in [2.05, 4.69) is 4.99 Å². The molecule has 0 bridgehead atoms. The number of aliphatic hydroxyl groups is 1. The highest BCUT2D eigenvalue weighted by molar-refractivity contribution is 8.18. The lowest BCUT2D eigenvalue weighted by atomic mass is 10.1. The first-order chi connectivity index (χ1) is 14.1. The van der Waals surface area contributed by atoms with Crippen molar-refractivity contribution in [3.8, 4) is 17.2 Å². The van der Waals surface area contributed by atoms with Gasteiger partial charge in [0, 0.05) is 0 Å². The van der Waals surface area contributed by atoms with Crippen LogP contribution in [0.5, 0.6) is 17.2 Å². The number of carbonyl (C=O) groups is 1. The Kier molecular flexibility index (Phi) is 5.18. The van der Waals surface area contributed by atoms with Crippen molar-refractivity contribution in [1.82, 2.24) is 0 Å². The van der Waals surface area contributed by atoms with Crippen LogP contribution in [0.1, 0.15) is 5.56 Å². The molecule has 2 heterocycles. The molecule has 8 heteroatoms. The Morgan fingerprint density at radius 1 is 1.17 bits per heavy atom. The van der Waals surface area contributed by atoms with E-state index >= 15 is 0 Å². The number of aliphatic imine (C=N–C) groups is 1. The maximum atomic E-state index is 12.3. The molecule has 0 atom stereocenters. The smallest absolute Gasteiger partial charge is 0.344 e. The average molecular weight is 411 g/mol. The molecular weight excluding hydrogens is 394 g/mol. The summed E-state index contributed by atoms with van der Waals surface area (Å²) in [5.41, 5.74) is 1.33. The summed E-state index contributed by atoms with van der Waals surface area (Å²) in [6.45, 7) is 0.178. The number of carbonyl (C=O) groups excluding carboxylic acids is 1. The number of rotatable bonds is 4. The van der Waals surface area contributed by atoms with Gasteiger partial charge in [-0.2, -0.15) is 0 Å². The van der Waals surface area contributed by atoms with E-state index in [1.807, 2.05) is 18.2 Å². The second-order valence-electron chi connectivity index (χ2n) is 6.03. The van der Waals surface area contributed by atoms with Gasteiger partial charge < -0.3 is 24.1 Å². The predicted molar refractivity (Wildman–Crippen MR) is 110 cm³/mol. The third-order valence-corrected chi connectivity index (χ3v) is 5.30. The molecule has 0 radical (unpaired) electrons. The zero-order valence-electron chi connectivity index (χ0n) is 15.7. The molecular formula is C21H17NO6S. The fourth-order valence-electron chi connectivity index (χ4n) is 2.88. The normalized spacial score (nSPS) is 17.9. The molecule has 7 nitrogen and oxygen atoms in total. The molecule has 0 fully saturated rings. The fraction of sp³-hybridized carbons (Fsp3) is 0.143. The van der Waals surface area contributed by atoms with Gasteiger partial charge in [0.05, 0.1) is 19.1 Å². The van der Waals surface area contributed by atoms with Crippen LogP contribution >= 0.6 is 11.8 Å². The van der Waals surface area contributed by atoms with E-state index in [1.54, 1.807) is 37.5 Å². The molecule has 2 aliphatic rings. The number of ether oxygens (including phenoxy) is 4. The van der Waals surface area contributed by atoms with E-state index in [9.17, 15) is 9.90 Å². The predicted octanol–water partition coefficient (Wildman–Crippen LogP) is 4.23. The van der Waals surface area contributed by atoms with Crippen molar-refractivity contribution in [2.45, 2.75) is 0 Å². The number of aliphatic hydroxyl groups excluding tert-OH is 1. The number of hydrogen-bond acceptors (Lipinski definition) is 8. The number of hydrogen-bond donors (Lipinski definition) is 1. The lowest BCUT2D eigenvalue weighted by Gasteiger charge is -2.05. The van der Waals surface area contributed by atoms with Crippen molar-refractivity contribution >= 4 is 34.5 Å². The summed E-state index contributed by atoms with van der Waals surface area (Å²) in [6.07, 6.45) is 1.75. The molecule has 0 saturated carbocycles. The van der Waals surface area contributed by atoms with Gasteiger partial charge in [-0.25, -0.2) is 9.79 Å². The molecule has 148 valence electrons. The second kappa shape index (κ2) is 7.92. The molecule has 2 aromatic carbocycles. The van der Waals surface area contributed by atoms with Crippen LogP contribution in [0.15, 0.2) is 63.7 Å². The molecule has 2 aliphatic heterocycles. The summed E-state index contributed by atoms with van der Waals surface area (Å²) in [5.74, 6) is 0.991. The van der Waals surface area contributed by atoms with Gasteiger partial charge in [0.2, 0.25) is 6.79 Å². The van der Waals surface area contributed by atoms with E-state index in [4.69, 9.17) is 18.9 Å². The Morgan fingerprint density at radius 3 is 2.76 bits per heavy atom. The topological polar surface area (TPSA) is 86.6 Å². The van der Waals surface area contributed by atoms with Crippen molar-refractivity contribution in [3.05, 3.63) is 64.3 Å². The first-order valence-electron chi connectivity index (χ1n) is 8.64. The van der Waals surface area contributed by atoms with Crippen LogP contribution in [0.3, 0.4) is 0 Å². The zero-order chi connectivity index (χ0) is 20.4. The minimum Gasteiger partial charge on any atom is -0.506 e. The molecule has 0 spiro atoms. The van der Waals surface area contributed by atoms with Crippen molar-refractivity contribution in [1.29, 1.82) is 0 Å². The molecule has 0 saturated heterocycles. The van der Waals surface area contributed by atoms with Crippen molar-refractivity contribution in [3.63, 3.8) is 0 Å². The summed E-state index contributed by atoms with van der Waals surface area (Å²) in [4.78, 5) is 17.3. The zero-order valence-corrected chi connectivity index (χ0v) is 16.5. The van der Waals surface area contributed by atoms with Crippen LogP contribution in [-0.2, 0) is 9.53 Å². The van der Waals surface area contributed by atoms with Gasteiger partial charge in [0.1, 0.15) is 27.8 Å². The Labute approximate surface area is 171 Å². The lowest BCUT2D eigenvalue weighted by Crippen LogP contribution is -2.10. The van der Waals surface area contributed by atoms with Crippen LogP contribution in [0.25, 0.3) is 6.08 Å². The largest absolute Gasteiger partial charge is 0.506 e. The number of nitrogens with zero attached hydrogens (tertiary/aromatic N) is 1. The van der Waals surface area contributed by atoms with Crippen LogP contribution < -0.4 is 14.2 Å². The SMILES string of the molecule is COC(=O)C1=C(O)/C(=C\c2ccc3c(c2)OCO3)SC1=Nc1ccccc1OC. The van der Waals surface area contributed by atoms with Gasteiger partial charge in [-0.1, -0.05) is 30.0 Å². The summed E-state index contributed by atoms with van der Waals surface area (Å²) >= 11 is 1.17. The number of benzene rings is 2. The third-order valence-electron chi connectivity index (χ3n) is 4.28. The quantitative estimate of drug-likeness (QED) is 0.754. The molecule has 0 unspecified atom stereocenters. The maximum Gasteiger partial charge on any atom is 0.344 e. The van der Waals surface area contributed by atoms with Crippen molar-refractivity contribution < 1.29 is 28.8 Å². The molecule has 2 aromatic rings. The summed E-state index contributed by atoms with van der Waals surface area (Å²) < 4.78 is 20.9. The van der Waals surface area contributed by atoms with Crippen LogP contribution in [0, 0.1) is 0 Å². The van der Waals surface area contributed by atoms with Crippen molar-refractivity contribution in [2.24, 2.45) is 4.99 Å². The fourth-order valence-corrected chi connectivity index (χ4v) is 3.90. The molecule has 0 aromatic heterocycles. The van der Waals surface area contributed by atoms with Gasteiger partial charge in [0.15, 0.2) is 11.5 Å².